The predicted octanol–water partition coefficient (Wildman–Crippen LogP) is 4.55. The Morgan fingerprint density at radius 1 is 1.16 bits per heavy atom. The zero-order valence-electron chi connectivity index (χ0n) is 10.9. The van der Waals surface area contributed by atoms with E-state index in [0.717, 1.165) is 39.2 Å². The highest BCUT2D eigenvalue weighted by Crippen LogP contribution is 2.26. The Morgan fingerprint density at radius 2 is 1.84 bits per heavy atom. The molecule has 2 aromatic rings. The maximum Gasteiger partial charge on any atom is 0.150 e. The van der Waals surface area contributed by atoms with Crippen molar-refractivity contribution >= 4 is 18.0 Å². The second-order valence-corrected chi connectivity index (χ2v) is 5.55. The van der Waals surface area contributed by atoms with Crippen LogP contribution >= 0.6 is 11.8 Å². The van der Waals surface area contributed by atoms with Crippen molar-refractivity contribution in [1.82, 2.24) is 0 Å². The fourth-order valence-electron chi connectivity index (χ4n) is 1.93. The molecule has 0 amide bonds. The molecule has 0 unspecified atom stereocenters. The van der Waals surface area contributed by atoms with Crippen molar-refractivity contribution in [1.29, 1.82) is 0 Å². The van der Waals surface area contributed by atoms with Crippen LogP contribution in [0.2, 0.25) is 0 Å². The van der Waals surface area contributed by atoms with E-state index in [2.05, 4.69) is 6.07 Å². The van der Waals surface area contributed by atoms with E-state index in [1.54, 1.807) is 23.9 Å². The molecule has 0 spiro atoms. The van der Waals surface area contributed by atoms with Crippen LogP contribution in [0.1, 0.15) is 27.0 Å². The molecular formula is C16H15FOS. The first-order chi connectivity index (χ1) is 9.10. The summed E-state index contributed by atoms with van der Waals surface area (Å²) in [6.07, 6.45) is 0.897. The van der Waals surface area contributed by atoms with Gasteiger partial charge in [-0.1, -0.05) is 11.6 Å². The van der Waals surface area contributed by atoms with Gasteiger partial charge in [0.1, 0.15) is 12.1 Å². The minimum atomic E-state index is -0.223. The highest BCUT2D eigenvalue weighted by Gasteiger charge is 2.06. The van der Waals surface area contributed by atoms with Crippen molar-refractivity contribution in [3.05, 3.63) is 64.5 Å². The first-order valence-electron chi connectivity index (χ1n) is 6.04. The summed E-state index contributed by atoms with van der Waals surface area (Å²) < 4.78 is 12.8. The van der Waals surface area contributed by atoms with Crippen molar-refractivity contribution in [2.75, 3.05) is 0 Å². The molecule has 98 valence electrons. The summed E-state index contributed by atoms with van der Waals surface area (Å²) >= 11 is 1.64. The second kappa shape index (κ2) is 6.02. The van der Waals surface area contributed by atoms with Crippen molar-refractivity contribution < 1.29 is 9.18 Å². The van der Waals surface area contributed by atoms with Crippen molar-refractivity contribution in [2.45, 2.75) is 24.5 Å². The average Bonchev–Trinajstić information content (AvgIpc) is 2.41. The first kappa shape index (κ1) is 13.8. The topological polar surface area (TPSA) is 17.1 Å². The van der Waals surface area contributed by atoms with E-state index >= 15 is 0 Å². The number of aryl methyl sites for hydroxylation is 1. The van der Waals surface area contributed by atoms with Gasteiger partial charge < -0.3 is 0 Å². The van der Waals surface area contributed by atoms with Crippen molar-refractivity contribution in [2.24, 2.45) is 0 Å². The molecule has 0 aliphatic carbocycles. The van der Waals surface area contributed by atoms with Crippen LogP contribution in [0.3, 0.4) is 0 Å². The summed E-state index contributed by atoms with van der Waals surface area (Å²) in [6.45, 7) is 3.95. The molecule has 0 aliphatic rings. The molecule has 0 saturated carbocycles. The monoisotopic (exact) mass is 274 g/mol. The van der Waals surface area contributed by atoms with E-state index in [-0.39, 0.29) is 5.82 Å². The zero-order chi connectivity index (χ0) is 13.8. The molecule has 0 radical (unpaired) electrons. The first-order valence-corrected chi connectivity index (χ1v) is 7.02. The van der Waals surface area contributed by atoms with Crippen LogP contribution < -0.4 is 0 Å². The predicted molar refractivity (Wildman–Crippen MR) is 77.3 cm³/mol. The Labute approximate surface area is 116 Å². The van der Waals surface area contributed by atoms with Gasteiger partial charge in [0.25, 0.3) is 0 Å². The van der Waals surface area contributed by atoms with E-state index in [0.29, 0.717) is 0 Å². The standard InChI is InChI=1S/C16H15FOS/c1-11-7-13(9-18)12(2)14(8-11)10-19-16-5-3-15(17)4-6-16/h3-9H,10H2,1-2H3. The van der Waals surface area contributed by atoms with Gasteiger partial charge in [0.2, 0.25) is 0 Å². The molecule has 1 nitrogen and oxygen atoms in total. The summed E-state index contributed by atoms with van der Waals surface area (Å²) in [5.74, 6) is 0.555. The van der Waals surface area contributed by atoms with E-state index in [4.69, 9.17) is 0 Å². The molecule has 2 aromatic carbocycles. The lowest BCUT2D eigenvalue weighted by atomic mass is 10.0. The number of aldehydes is 1. The maximum atomic E-state index is 12.8. The third-order valence-corrected chi connectivity index (χ3v) is 4.10. The number of carbonyl (C=O) groups excluding carboxylic acids is 1. The number of carbonyl (C=O) groups is 1. The largest absolute Gasteiger partial charge is 0.298 e. The molecule has 19 heavy (non-hydrogen) atoms. The van der Waals surface area contributed by atoms with Gasteiger partial charge in [0.05, 0.1) is 0 Å². The fraction of sp³-hybridized carbons (Fsp3) is 0.188. The van der Waals surface area contributed by atoms with Gasteiger partial charge in [-0.3, -0.25) is 4.79 Å². The Bertz CT molecular complexity index is 590. The van der Waals surface area contributed by atoms with Gasteiger partial charge in [-0.15, -0.1) is 11.8 Å². The lowest BCUT2D eigenvalue weighted by Gasteiger charge is -2.09. The summed E-state index contributed by atoms with van der Waals surface area (Å²) in [5, 5.41) is 0. The SMILES string of the molecule is Cc1cc(C=O)c(C)c(CSc2ccc(F)cc2)c1. The van der Waals surface area contributed by atoms with Crippen LogP contribution in [0.5, 0.6) is 0 Å². The Hall–Kier alpha value is -1.61. The number of hydrogen-bond donors (Lipinski definition) is 0. The van der Waals surface area contributed by atoms with Crippen LogP contribution in [0, 0.1) is 19.7 Å². The maximum absolute atomic E-state index is 12.8. The average molecular weight is 274 g/mol. The Kier molecular flexibility index (Phi) is 4.38. The number of halogens is 1. The molecule has 0 bridgehead atoms. The van der Waals surface area contributed by atoms with Crippen molar-refractivity contribution in [3.8, 4) is 0 Å². The normalized spacial score (nSPS) is 10.5. The molecule has 0 aromatic heterocycles. The molecule has 0 atom stereocenters. The van der Waals surface area contributed by atoms with E-state index < -0.39 is 0 Å². The quantitative estimate of drug-likeness (QED) is 0.601. The lowest BCUT2D eigenvalue weighted by molar-refractivity contribution is 0.112. The smallest absolute Gasteiger partial charge is 0.150 e. The number of rotatable bonds is 4. The van der Waals surface area contributed by atoms with E-state index in [1.807, 2.05) is 19.9 Å². The summed E-state index contributed by atoms with van der Waals surface area (Å²) in [6, 6.07) is 10.5. The number of hydrogen-bond acceptors (Lipinski definition) is 2. The summed E-state index contributed by atoms with van der Waals surface area (Å²) in [5.41, 5.74) is 4.00. The zero-order valence-corrected chi connectivity index (χ0v) is 11.8. The van der Waals surface area contributed by atoms with Crippen LogP contribution in [-0.4, -0.2) is 6.29 Å². The highest BCUT2D eigenvalue weighted by atomic mass is 32.2. The second-order valence-electron chi connectivity index (χ2n) is 4.50. The minimum Gasteiger partial charge on any atom is -0.298 e. The number of thioether (sulfide) groups is 1. The summed E-state index contributed by atoms with van der Waals surface area (Å²) in [7, 11) is 0. The Morgan fingerprint density at radius 3 is 2.47 bits per heavy atom. The van der Waals surface area contributed by atoms with Crippen LogP contribution in [0.4, 0.5) is 4.39 Å². The van der Waals surface area contributed by atoms with Gasteiger partial charge in [-0.2, -0.15) is 0 Å². The van der Waals surface area contributed by atoms with Crippen LogP contribution in [0.15, 0.2) is 41.3 Å². The molecule has 3 heteroatoms. The molecule has 0 aliphatic heterocycles. The van der Waals surface area contributed by atoms with E-state index in [9.17, 15) is 9.18 Å². The van der Waals surface area contributed by atoms with Crippen LogP contribution in [0.25, 0.3) is 0 Å². The molecule has 0 saturated heterocycles. The molecule has 0 fully saturated rings. The number of benzene rings is 2. The molecular weight excluding hydrogens is 259 g/mol. The molecule has 0 N–H and O–H groups in total. The van der Waals surface area contributed by atoms with Gasteiger partial charge in [-0.25, -0.2) is 4.39 Å². The van der Waals surface area contributed by atoms with Gasteiger partial charge in [-0.05, 0) is 55.3 Å². The van der Waals surface area contributed by atoms with Crippen LogP contribution in [-0.2, 0) is 5.75 Å². The van der Waals surface area contributed by atoms with E-state index in [1.165, 1.54) is 12.1 Å². The van der Waals surface area contributed by atoms with Gasteiger partial charge in [0.15, 0.2) is 0 Å². The highest BCUT2D eigenvalue weighted by molar-refractivity contribution is 7.98. The Balaban J connectivity index is 2.17. The molecule has 0 heterocycles. The third kappa shape index (κ3) is 3.44. The third-order valence-electron chi connectivity index (χ3n) is 3.03. The van der Waals surface area contributed by atoms with Gasteiger partial charge in [0, 0.05) is 16.2 Å². The summed E-state index contributed by atoms with van der Waals surface area (Å²) in [4.78, 5) is 12.0. The van der Waals surface area contributed by atoms with Gasteiger partial charge >= 0.3 is 0 Å². The minimum absolute atomic E-state index is 0.223. The molecule has 2 rings (SSSR count). The van der Waals surface area contributed by atoms with Crippen molar-refractivity contribution in [3.63, 3.8) is 0 Å². The fourth-order valence-corrected chi connectivity index (χ4v) is 2.88. The lowest BCUT2D eigenvalue weighted by Crippen LogP contribution is -1.95.